The van der Waals surface area contributed by atoms with Crippen LogP contribution in [0.4, 0.5) is 0 Å². The summed E-state index contributed by atoms with van der Waals surface area (Å²) in [5.74, 6) is 0. The minimum atomic E-state index is 1.15. The van der Waals surface area contributed by atoms with E-state index in [0.717, 1.165) is 5.69 Å². The number of fused-ring (bicyclic) bond motifs is 6. The van der Waals surface area contributed by atoms with Gasteiger partial charge in [-0.15, -0.1) is 0 Å². The van der Waals surface area contributed by atoms with Crippen molar-refractivity contribution in [2.24, 2.45) is 0 Å². The number of benzene rings is 8. The van der Waals surface area contributed by atoms with Gasteiger partial charge in [-0.3, -0.25) is 0 Å². The van der Waals surface area contributed by atoms with Crippen molar-refractivity contribution in [3.63, 3.8) is 0 Å². The molecule has 0 aliphatic rings. The van der Waals surface area contributed by atoms with Gasteiger partial charge in [0.2, 0.25) is 0 Å². The molecule has 0 amide bonds. The van der Waals surface area contributed by atoms with Crippen molar-refractivity contribution >= 4 is 43.6 Å². The molecule has 0 saturated heterocycles. The van der Waals surface area contributed by atoms with E-state index in [-0.39, 0.29) is 0 Å². The Kier molecular flexibility index (Phi) is 6.53. The maximum absolute atomic E-state index is 2.48. The summed E-state index contributed by atoms with van der Waals surface area (Å²) in [7, 11) is 0. The zero-order chi connectivity index (χ0) is 33.0. The van der Waals surface area contributed by atoms with Crippen LogP contribution in [-0.2, 0) is 0 Å². The average Bonchev–Trinajstić information content (AvgIpc) is 3.71. The van der Waals surface area contributed by atoms with Crippen LogP contribution in [0.1, 0.15) is 0 Å². The maximum Gasteiger partial charge on any atom is 0.0618 e. The Balaban J connectivity index is 1.28. The highest BCUT2D eigenvalue weighted by Crippen LogP contribution is 2.43. The van der Waals surface area contributed by atoms with Crippen molar-refractivity contribution in [1.82, 2.24) is 9.13 Å². The number of para-hydroxylation sites is 3. The van der Waals surface area contributed by atoms with Crippen LogP contribution in [0.2, 0.25) is 0 Å². The number of rotatable bonds is 5. The van der Waals surface area contributed by atoms with Crippen LogP contribution in [0, 0.1) is 0 Å². The molecule has 0 unspecified atom stereocenters. The zero-order valence-corrected chi connectivity index (χ0v) is 27.4. The molecular weight excluding hydrogens is 605 g/mol. The Morgan fingerprint density at radius 1 is 0.280 bits per heavy atom. The molecular formula is C48H32N2. The molecule has 10 aromatic rings. The molecule has 0 saturated carbocycles. The van der Waals surface area contributed by atoms with Crippen LogP contribution >= 0.6 is 0 Å². The molecule has 0 bridgehead atoms. The van der Waals surface area contributed by atoms with Crippen LogP contribution in [0.15, 0.2) is 194 Å². The van der Waals surface area contributed by atoms with Gasteiger partial charge in [0.1, 0.15) is 0 Å². The van der Waals surface area contributed by atoms with Gasteiger partial charge in [0.25, 0.3) is 0 Å². The van der Waals surface area contributed by atoms with Crippen molar-refractivity contribution in [1.29, 1.82) is 0 Å². The Bertz CT molecular complexity index is 2780. The highest BCUT2D eigenvalue weighted by atomic mass is 15.0. The van der Waals surface area contributed by atoms with E-state index in [1.54, 1.807) is 0 Å². The topological polar surface area (TPSA) is 9.86 Å². The largest absolute Gasteiger partial charge is 0.309 e. The fraction of sp³-hybridized carbons (Fsp3) is 0. The normalized spacial score (nSPS) is 11.6. The van der Waals surface area contributed by atoms with E-state index in [4.69, 9.17) is 0 Å². The van der Waals surface area contributed by atoms with E-state index >= 15 is 0 Å². The number of hydrogen-bond donors (Lipinski definition) is 0. The van der Waals surface area contributed by atoms with Gasteiger partial charge in [-0.1, -0.05) is 158 Å². The predicted molar refractivity (Wildman–Crippen MR) is 211 cm³/mol. The Morgan fingerprint density at radius 3 is 1.38 bits per heavy atom. The zero-order valence-electron chi connectivity index (χ0n) is 27.4. The summed E-state index contributed by atoms with van der Waals surface area (Å²) in [6.07, 6.45) is 0. The molecule has 2 heterocycles. The van der Waals surface area contributed by atoms with Crippen LogP contribution in [0.5, 0.6) is 0 Å². The number of hydrogen-bond acceptors (Lipinski definition) is 0. The van der Waals surface area contributed by atoms with E-state index in [9.17, 15) is 0 Å². The van der Waals surface area contributed by atoms with Crippen LogP contribution < -0.4 is 0 Å². The van der Waals surface area contributed by atoms with Crippen LogP contribution in [0.25, 0.3) is 88.4 Å². The first-order valence-electron chi connectivity index (χ1n) is 17.2. The van der Waals surface area contributed by atoms with E-state index in [2.05, 4.69) is 203 Å². The highest BCUT2D eigenvalue weighted by molar-refractivity contribution is 6.16. The van der Waals surface area contributed by atoms with E-state index in [1.807, 2.05) is 0 Å². The Morgan fingerprint density at radius 2 is 0.740 bits per heavy atom. The lowest BCUT2D eigenvalue weighted by Crippen LogP contribution is -2.01. The summed E-state index contributed by atoms with van der Waals surface area (Å²) < 4.78 is 4.93. The summed E-state index contributed by atoms with van der Waals surface area (Å²) in [6.45, 7) is 0. The van der Waals surface area contributed by atoms with E-state index in [1.165, 1.54) is 82.7 Å². The van der Waals surface area contributed by atoms with Crippen molar-refractivity contribution in [2.75, 3.05) is 0 Å². The summed E-state index contributed by atoms with van der Waals surface area (Å²) in [5.41, 5.74) is 14.4. The predicted octanol–water partition coefficient (Wildman–Crippen LogP) is 12.9. The van der Waals surface area contributed by atoms with Crippen molar-refractivity contribution < 1.29 is 0 Å². The second-order valence-electron chi connectivity index (χ2n) is 12.9. The molecule has 0 aliphatic carbocycles. The molecule has 0 fully saturated rings. The van der Waals surface area contributed by atoms with Crippen LogP contribution in [-0.4, -0.2) is 9.13 Å². The molecule has 0 radical (unpaired) electrons. The van der Waals surface area contributed by atoms with Gasteiger partial charge in [0.15, 0.2) is 0 Å². The number of nitrogens with zero attached hydrogens (tertiary/aromatic N) is 2. The lowest BCUT2D eigenvalue weighted by atomic mass is 9.95. The summed E-state index contributed by atoms with van der Waals surface area (Å²) >= 11 is 0. The first kappa shape index (κ1) is 28.4. The van der Waals surface area contributed by atoms with Crippen LogP contribution in [0.3, 0.4) is 0 Å². The van der Waals surface area contributed by atoms with Gasteiger partial charge < -0.3 is 9.13 Å². The molecule has 0 atom stereocenters. The molecule has 0 aliphatic heterocycles. The minimum absolute atomic E-state index is 1.15. The van der Waals surface area contributed by atoms with Gasteiger partial charge in [0.05, 0.1) is 27.8 Å². The maximum atomic E-state index is 2.48. The first-order valence-corrected chi connectivity index (χ1v) is 17.2. The third-order valence-corrected chi connectivity index (χ3v) is 10.1. The molecule has 2 heteroatoms. The SMILES string of the molecule is c1ccc(-c2cccc(-c3ccccc3)c2-n2c3ccccc3c3cc(-n4c5ccccc5c5c(-c6ccccc6)cccc54)ccc32)cc1. The Labute approximate surface area is 290 Å². The lowest BCUT2D eigenvalue weighted by molar-refractivity contribution is 1.17. The molecule has 8 aromatic carbocycles. The van der Waals surface area contributed by atoms with Crippen molar-refractivity contribution in [3.05, 3.63) is 194 Å². The number of aromatic nitrogens is 2. The Hall–Kier alpha value is -6.64. The fourth-order valence-electron chi connectivity index (χ4n) is 7.98. The molecule has 234 valence electrons. The summed E-state index contributed by atoms with van der Waals surface area (Å²) in [5, 5.41) is 5.00. The van der Waals surface area contributed by atoms with Gasteiger partial charge in [-0.25, -0.2) is 0 Å². The fourth-order valence-corrected chi connectivity index (χ4v) is 7.98. The van der Waals surface area contributed by atoms with Crippen molar-refractivity contribution in [3.8, 4) is 44.8 Å². The minimum Gasteiger partial charge on any atom is -0.309 e. The van der Waals surface area contributed by atoms with E-state index < -0.39 is 0 Å². The summed E-state index contributed by atoms with van der Waals surface area (Å²) in [4.78, 5) is 0. The first-order chi connectivity index (χ1) is 24.8. The summed E-state index contributed by atoms with van der Waals surface area (Å²) in [6, 6.07) is 70.3. The smallest absolute Gasteiger partial charge is 0.0618 e. The van der Waals surface area contributed by atoms with Gasteiger partial charge in [0, 0.05) is 38.4 Å². The third-order valence-electron chi connectivity index (χ3n) is 10.1. The molecule has 0 N–H and O–H groups in total. The van der Waals surface area contributed by atoms with Gasteiger partial charge in [-0.2, -0.15) is 0 Å². The lowest BCUT2D eigenvalue weighted by Gasteiger charge is -2.19. The van der Waals surface area contributed by atoms with E-state index in [0.29, 0.717) is 0 Å². The monoisotopic (exact) mass is 636 g/mol. The van der Waals surface area contributed by atoms with Crippen molar-refractivity contribution in [2.45, 2.75) is 0 Å². The molecule has 10 rings (SSSR count). The molecule has 50 heavy (non-hydrogen) atoms. The standard InChI is InChI=1S/C48H32N2/c1-4-16-33(17-5-1)37-24-15-29-46-47(37)41-23-11-13-28-44(41)49(46)36-30-31-45-42(32-36)40-22-10-12-27-43(40)50(45)48-38(34-18-6-2-7-19-34)25-14-26-39(48)35-20-8-3-9-21-35/h1-32H. The van der Waals surface area contributed by atoms with Gasteiger partial charge in [-0.05, 0) is 58.7 Å². The third kappa shape index (κ3) is 4.36. The second-order valence-corrected chi connectivity index (χ2v) is 12.9. The quantitative estimate of drug-likeness (QED) is 0.178. The average molecular weight is 637 g/mol. The molecule has 0 spiro atoms. The van der Waals surface area contributed by atoms with Gasteiger partial charge >= 0.3 is 0 Å². The second kappa shape index (κ2) is 11.5. The highest BCUT2D eigenvalue weighted by Gasteiger charge is 2.21. The molecule has 2 aromatic heterocycles. The molecule has 2 nitrogen and oxygen atoms in total.